The molecule has 0 heterocycles. The van der Waals surface area contributed by atoms with Crippen LogP contribution in [0.5, 0.6) is 0 Å². The molecule has 4 nitrogen and oxygen atoms in total. The van der Waals surface area contributed by atoms with E-state index in [0.717, 1.165) is 12.8 Å². The van der Waals surface area contributed by atoms with Crippen LogP contribution < -0.4 is 6.15 Å². The van der Waals surface area contributed by atoms with Gasteiger partial charge in [0.05, 0.1) is 10.1 Å². The van der Waals surface area contributed by atoms with E-state index in [1.165, 1.54) is 32.1 Å². The van der Waals surface area contributed by atoms with Gasteiger partial charge in [-0.25, -0.2) is 8.42 Å². The molecule has 0 aromatic rings. The Balaban J connectivity index is -0.000000507. The molecule has 18 heavy (non-hydrogen) atoms. The minimum atomic E-state index is -3.98. The van der Waals surface area contributed by atoms with Crippen LogP contribution in [0.4, 0.5) is 0 Å². The molecule has 5 heteroatoms. The summed E-state index contributed by atoms with van der Waals surface area (Å²) in [5, 5.41) is 0. The van der Waals surface area contributed by atoms with Gasteiger partial charge >= 0.3 is 0 Å². The van der Waals surface area contributed by atoms with Gasteiger partial charge in [-0.3, -0.25) is 0 Å². The van der Waals surface area contributed by atoms with Crippen molar-refractivity contribution in [1.29, 1.82) is 0 Å². The highest BCUT2D eigenvalue weighted by atomic mass is 32.2. The topological polar surface area (TPSA) is 93.7 Å². The van der Waals surface area contributed by atoms with Crippen molar-refractivity contribution in [1.82, 2.24) is 6.15 Å². The molecule has 0 bridgehead atoms. The lowest BCUT2D eigenvalue weighted by atomic mass is 10.1. The first-order chi connectivity index (χ1) is 7.97. The van der Waals surface area contributed by atoms with Crippen LogP contribution in [0.25, 0.3) is 0 Å². The van der Waals surface area contributed by atoms with Gasteiger partial charge in [-0.1, -0.05) is 57.9 Å². The van der Waals surface area contributed by atoms with Gasteiger partial charge in [0.1, 0.15) is 0 Å². The quantitative estimate of drug-likeness (QED) is 0.389. The van der Waals surface area contributed by atoms with E-state index >= 15 is 0 Å². The van der Waals surface area contributed by atoms with Crippen LogP contribution in [0, 0.1) is 0 Å². The molecule has 0 aromatic heterocycles. The van der Waals surface area contributed by atoms with E-state index in [2.05, 4.69) is 13.5 Å². The second-order valence-electron chi connectivity index (χ2n) is 4.14. The fourth-order valence-corrected chi connectivity index (χ4v) is 1.97. The van der Waals surface area contributed by atoms with E-state index in [9.17, 15) is 13.0 Å². The third kappa shape index (κ3) is 29.6. The third-order valence-corrected chi connectivity index (χ3v) is 3.04. The molecule has 0 amide bonds. The van der Waals surface area contributed by atoms with Gasteiger partial charge in [0.25, 0.3) is 0 Å². The Hall–Kier alpha value is -0.390. The van der Waals surface area contributed by atoms with Crippen molar-refractivity contribution in [2.24, 2.45) is 0 Å². The molecule has 0 saturated carbocycles. The molecular formula is C13H31NO3S. The van der Waals surface area contributed by atoms with Gasteiger partial charge in [0, 0.05) is 5.75 Å². The molecular weight excluding hydrogens is 250 g/mol. The predicted molar refractivity (Wildman–Crippen MR) is 79.0 cm³/mol. The van der Waals surface area contributed by atoms with Crippen molar-refractivity contribution in [3.8, 4) is 0 Å². The van der Waals surface area contributed by atoms with Crippen LogP contribution >= 0.6 is 0 Å². The zero-order valence-corrected chi connectivity index (χ0v) is 13.1. The van der Waals surface area contributed by atoms with E-state index in [1.807, 2.05) is 6.92 Å². The minimum Gasteiger partial charge on any atom is -0.748 e. The lowest BCUT2D eigenvalue weighted by Crippen LogP contribution is -2.03. The molecule has 0 aromatic carbocycles. The molecule has 0 rings (SSSR count). The Morgan fingerprint density at radius 3 is 1.67 bits per heavy atom. The second kappa shape index (κ2) is 16.6. The van der Waals surface area contributed by atoms with Gasteiger partial charge in [0.15, 0.2) is 0 Å². The molecule has 0 fully saturated rings. The van der Waals surface area contributed by atoms with E-state index in [-0.39, 0.29) is 11.9 Å². The van der Waals surface area contributed by atoms with Gasteiger partial charge in [0.2, 0.25) is 0 Å². The van der Waals surface area contributed by atoms with E-state index in [0.29, 0.717) is 6.42 Å². The van der Waals surface area contributed by atoms with Crippen molar-refractivity contribution in [2.45, 2.75) is 65.2 Å². The van der Waals surface area contributed by atoms with E-state index in [4.69, 9.17) is 0 Å². The fraction of sp³-hybridized carbons (Fsp3) is 0.846. The summed E-state index contributed by atoms with van der Waals surface area (Å²) in [6.45, 7) is 7.43. The van der Waals surface area contributed by atoms with Crippen LogP contribution in [-0.4, -0.2) is 18.7 Å². The van der Waals surface area contributed by atoms with Crippen LogP contribution in [-0.2, 0) is 10.1 Å². The fourth-order valence-electron chi connectivity index (χ4n) is 1.41. The number of quaternary nitrogens is 1. The summed E-state index contributed by atoms with van der Waals surface area (Å²) in [6.07, 6.45) is 10.4. The van der Waals surface area contributed by atoms with Gasteiger partial charge in [-0.05, 0) is 13.3 Å². The second-order valence-corrected chi connectivity index (χ2v) is 5.67. The average molecular weight is 281 g/mol. The standard InChI is InChI=1S/C10H22O3S.C3H6.H3N/c1-2-3-4-5-6-7-8-9-10-14(11,12)13;1-3-2;/h2-10H2,1H3,(H,11,12,13);3H,1H2,2H3;1H3. The molecule has 0 aliphatic rings. The third-order valence-electron chi connectivity index (χ3n) is 2.25. The van der Waals surface area contributed by atoms with Gasteiger partial charge in [-0.2, -0.15) is 0 Å². The van der Waals surface area contributed by atoms with Crippen LogP contribution in [0.2, 0.25) is 0 Å². The maximum absolute atomic E-state index is 10.2. The maximum Gasteiger partial charge on any atom is 0.0945 e. The zero-order valence-electron chi connectivity index (χ0n) is 12.3. The van der Waals surface area contributed by atoms with Gasteiger partial charge in [-0.15, -0.1) is 6.58 Å². The molecule has 0 atom stereocenters. The van der Waals surface area contributed by atoms with E-state index < -0.39 is 10.1 Å². The Labute approximate surface area is 113 Å². The Morgan fingerprint density at radius 1 is 1.00 bits per heavy atom. The highest BCUT2D eigenvalue weighted by Gasteiger charge is 1.95. The SMILES string of the molecule is C=CC.CCCCCCCCCCS(=O)(=O)[O-].[NH4+]. The lowest BCUT2D eigenvalue weighted by Gasteiger charge is -2.05. The van der Waals surface area contributed by atoms with Crippen molar-refractivity contribution >= 4 is 10.1 Å². The first kappa shape index (κ1) is 22.8. The molecule has 4 N–H and O–H groups in total. The van der Waals surface area contributed by atoms with Crippen molar-refractivity contribution in [3.63, 3.8) is 0 Å². The maximum atomic E-state index is 10.2. The number of rotatable bonds is 9. The summed E-state index contributed by atoms with van der Waals surface area (Å²) in [5.74, 6) is -0.193. The molecule has 0 aliphatic heterocycles. The molecule has 0 aliphatic carbocycles. The highest BCUT2D eigenvalue weighted by Crippen LogP contribution is 2.08. The zero-order chi connectivity index (χ0) is 13.6. The minimum absolute atomic E-state index is 0. The van der Waals surface area contributed by atoms with Crippen molar-refractivity contribution in [2.75, 3.05) is 5.75 Å². The molecule has 0 saturated heterocycles. The first-order valence-corrected chi connectivity index (χ1v) is 8.06. The number of hydrogen-bond donors (Lipinski definition) is 1. The predicted octanol–water partition coefficient (Wildman–Crippen LogP) is 4.24. The van der Waals surface area contributed by atoms with E-state index in [1.54, 1.807) is 6.08 Å². The number of allylic oxidation sites excluding steroid dienone is 1. The Bertz CT molecular complexity index is 251. The lowest BCUT2D eigenvalue weighted by molar-refractivity contribution is 0.459. The van der Waals surface area contributed by atoms with Gasteiger partial charge < -0.3 is 10.7 Å². The monoisotopic (exact) mass is 281 g/mol. The Morgan fingerprint density at radius 2 is 1.33 bits per heavy atom. The molecule has 0 spiro atoms. The highest BCUT2D eigenvalue weighted by molar-refractivity contribution is 7.85. The summed E-state index contributed by atoms with van der Waals surface area (Å²) < 4.78 is 30.7. The molecule has 0 unspecified atom stereocenters. The molecule has 0 radical (unpaired) electrons. The van der Waals surface area contributed by atoms with Crippen LogP contribution in [0.1, 0.15) is 65.2 Å². The smallest absolute Gasteiger partial charge is 0.0945 e. The average Bonchev–Trinajstić information content (AvgIpc) is 2.22. The summed E-state index contributed by atoms with van der Waals surface area (Å²) >= 11 is 0. The number of hydrogen-bond acceptors (Lipinski definition) is 3. The molecule has 112 valence electrons. The van der Waals surface area contributed by atoms with Crippen LogP contribution in [0.3, 0.4) is 0 Å². The summed E-state index contributed by atoms with van der Waals surface area (Å²) in [6, 6.07) is 0. The largest absolute Gasteiger partial charge is 0.748 e. The summed E-state index contributed by atoms with van der Waals surface area (Å²) in [7, 11) is -3.98. The first-order valence-electron chi connectivity index (χ1n) is 6.48. The van der Waals surface area contributed by atoms with Crippen molar-refractivity contribution < 1.29 is 13.0 Å². The van der Waals surface area contributed by atoms with Crippen LogP contribution in [0.15, 0.2) is 12.7 Å². The van der Waals surface area contributed by atoms with Crippen molar-refractivity contribution in [3.05, 3.63) is 12.7 Å². The Kier molecular flexibility index (Phi) is 21.0. The summed E-state index contributed by atoms with van der Waals surface area (Å²) in [4.78, 5) is 0. The summed E-state index contributed by atoms with van der Waals surface area (Å²) in [5.41, 5.74) is 0. The number of unbranched alkanes of at least 4 members (excludes halogenated alkanes) is 7. The normalized spacial score (nSPS) is 9.94.